The van der Waals surface area contributed by atoms with Gasteiger partial charge in [-0.2, -0.15) is 5.26 Å². The summed E-state index contributed by atoms with van der Waals surface area (Å²) in [6.45, 7) is 6.20. The van der Waals surface area contributed by atoms with Gasteiger partial charge in [-0.05, 0) is 43.2 Å². The summed E-state index contributed by atoms with van der Waals surface area (Å²) in [6, 6.07) is 23.9. The largest absolute Gasteiger partial charge is 0.496 e. The highest BCUT2D eigenvalue weighted by Crippen LogP contribution is 2.47. The molecule has 0 radical (unpaired) electrons. The Labute approximate surface area is 207 Å². The van der Waals surface area contributed by atoms with E-state index in [0.29, 0.717) is 12.4 Å². The molecule has 1 N–H and O–H groups in total. The fourth-order valence-electron chi connectivity index (χ4n) is 4.36. The minimum atomic E-state index is -1.58. The zero-order valence-electron chi connectivity index (χ0n) is 21.1. The van der Waals surface area contributed by atoms with Crippen LogP contribution in [-0.2, 0) is 14.3 Å². The monoisotopic (exact) mass is 474 g/mol. The smallest absolute Gasteiger partial charge is 0.244 e. The lowest BCUT2D eigenvalue weighted by Crippen LogP contribution is -2.53. The number of amides is 1. The third-order valence-corrected chi connectivity index (χ3v) is 5.93. The number of para-hydroxylation sites is 1. The van der Waals surface area contributed by atoms with Crippen molar-refractivity contribution in [2.75, 3.05) is 34.0 Å². The maximum atomic E-state index is 14.0. The number of carbonyl (C=O) groups excluding carboxylic acids is 1. The quantitative estimate of drug-likeness (QED) is 0.415. The fourth-order valence-corrected chi connectivity index (χ4v) is 4.36. The van der Waals surface area contributed by atoms with E-state index in [1.165, 1.54) is 0 Å². The maximum Gasteiger partial charge on any atom is 0.244 e. The number of nitriles is 1. The molecule has 0 saturated carbocycles. The molecule has 184 valence electrons. The number of hydrogen-bond acceptors (Lipinski definition) is 5. The van der Waals surface area contributed by atoms with Crippen molar-refractivity contribution in [1.29, 1.82) is 5.26 Å². The molecule has 0 saturated heterocycles. The molecule has 0 aliphatic carbocycles. The average molecular weight is 475 g/mol. The van der Waals surface area contributed by atoms with Gasteiger partial charge in [0, 0.05) is 24.1 Å². The predicted molar refractivity (Wildman–Crippen MR) is 137 cm³/mol. The van der Waals surface area contributed by atoms with Crippen molar-refractivity contribution in [3.63, 3.8) is 0 Å². The number of nitrogens with zero attached hydrogens (tertiary/aromatic N) is 1. The minimum Gasteiger partial charge on any atom is -0.496 e. The van der Waals surface area contributed by atoms with Crippen LogP contribution in [0.25, 0.3) is 10.8 Å². The van der Waals surface area contributed by atoms with Crippen molar-refractivity contribution in [3.8, 4) is 11.8 Å². The van der Waals surface area contributed by atoms with E-state index in [0.717, 1.165) is 21.9 Å². The molecule has 2 unspecified atom stereocenters. The Kier molecular flexibility index (Phi) is 8.50. The molecule has 1 amide bonds. The summed E-state index contributed by atoms with van der Waals surface area (Å²) in [5, 5.41) is 15.8. The molecule has 3 rings (SSSR count). The van der Waals surface area contributed by atoms with Gasteiger partial charge in [-0.15, -0.1) is 0 Å². The topological polar surface area (TPSA) is 80.6 Å². The highest BCUT2D eigenvalue weighted by molar-refractivity contribution is 5.92. The third kappa shape index (κ3) is 5.82. The molecule has 6 nitrogen and oxygen atoms in total. The van der Waals surface area contributed by atoms with Gasteiger partial charge < -0.3 is 19.5 Å². The van der Waals surface area contributed by atoms with Crippen LogP contribution in [0.5, 0.6) is 5.75 Å². The molecule has 3 aromatic rings. The lowest BCUT2D eigenvalue weighted by Gasteiger charge is -2.37. The SMILES string of the molecule is COCCOCC(C#N)(C(=O)NC(C)(C)C)C(c1ccccc1OC)c1cccc2ccccc12. The van der Waals surface area contributed by atoms with Gasteiger partial charge in [0.25, 0.3) is 0 Å². The van der Waals surface area contributed by atoms with Crippen molar-refractivity contribution >= 4 is 16.7 Å². The van der Waals surface area contributed by atoms with E-state index in [1.54, 1.807) is 14.2 Å². The molecule has 0 aliphatic heterocycles. The number of ether oxygens (including phenoxy) is 3. The number of carbonyl (C=O) groups is 1. The summed E-state index contributed by atoms with van der Waals surface area (Å²) in [7, 11) is 3.18. The zero-order chi connectivity index (χ0) is 25.5. The van der Waals surface area contributed by atoms with Crippen LogP contribution < -0.4 is 10.1 Å². The van der Waals surface area contributed by atoms with Gasteiger partial charge in [-0.1, -0.05) is 60.7 Å². The van der Waals surface area contributed by atoms with Gasteiger partial charge in [-0.3, -0.25) is 4.79 Å². The molecule has 0 spiro atoms. The van der Waals surface area contributed by atoms with Crippen molar-refractivity contribution in [2.45, 2.75) is 32.2 Å². The Balaban J connectivity index is 2.33. The van der Waals surface area contributed by atoms with Gasteiger partial charge in [-0.25, -0.2) is 0 Å². The minimum absolute atomic E-state index is 0.110. The summed E-state index contributed by atoms with van der Waals surface area (Å²) < 4.78 is 16.8. The van der Waals surface area contributed by atoms with Crippen molar-refractivity contribution < 1.29 is 19.0 Å². The van der Waals surface area contributed by atoms with Crippen LogP contribution >= 0.6 is 0 Å². The summed E-state index contributed by atoms with van der Waals surface area (Å²) in [5.74, 6) is -0.459. The highest BCUT2D eigenvalue weighted by Gasteiger charge is 2.50. The Morgan fingerprint density at radius 1 is 0.943 bits per heavy atom. The van der Waals surface area contributed by atoms with Gasteiger partial charge in [0.2, 0.25) is 5.91 Å². The van der Waals surface area contributed by atoms with Crippen molar-refractivity contribution in [1.82, 2.24) is 5.32 Å². The number of fused-ring (bicyclic) bond motifs is 1. The van der Waals surface area contributed by atoms with Crippen LogP contribution in [-0.4, -0.2) is 45.5 Å². The van der Waals surface area contributed by atoms with Crippen LogP contribution in [0.15, 0.2) is 66.7 Å². The standard InChI is InChI=1S/C29H34N2O4/c1-28(2,3)31-27(32)29(19-30,20-35-18-17-33-4)26(24-14-8-9-16-25(24)34-5)23-15-10-12-21-11-6-7-13-22(21)23/h6-16,26H,17-18,20H2,1-5H3,(H,31,32). The highest BCUT2D eigenvalue weighted by atomic mass is 16.5. The number of rotatable bonds is 10. The van der Waals surface area contributed by atoms with Gasteiger partial charge >= 0.3 is 0 Å². The van der Waals surface area contributed by atoms with Crippen LogP contribution in [0.1, 0.15) is 37.8 Å². The molecule has 0 aliphatic rings. The molecule has 35 heavy (non-hydrogen) atoms. The van der Waals surface area contributed by atoms with E-state index in [-0.39, 0.29) is 13.2 Å². The van der Waals surface area contributed by atoms with E-state index in [1.807, 2.05) is 87.5 Å². The van der Waals surface area contributed by atoms with Crippen LogP contribution in [0.3, 0.4) is 0 Å². The van der Waals surface area contributed by atoms with E-state index in [9.17, 15) is 10.1 Å². The summed E-state index contributed by atoms with van der Waals surface area (Å²) >= 11 is 0. The van der Waals surface area contributed by atoms with Gasteiger partial charge in [0.1, 0.15) is 5.75 Å². The molecule has 3 aromatic carbocycles. The van der Waals surface area contributed by atoms with Crippen molar-refractivity contribution in [3.05, 3.63) is 77.9 Å². The molecule has 0 bridgehead atoms. The number of benzene rings is 3. The first-order valence-electron chi connectivity index (χ1n) is 11.7. The lowest BCUT2D eigenvalue weighted by atomic mass is 9.67. The van der Waals surface area contributed by atoms with Gasteiger partial charge in [0.05, 0.1) is 33.0 Å². The second kappa shape index (κ2) is 11.4. The average Bonchev–Trinajstić information content (AvgIpc) is 2.85. The van der Waals surface area contributed by atoms with Crippen LogP contribution in [0.4, 0.5) is 0 Å². The van der Waals surface area contributed by atoms with Crippen LogP contribution in [0, 0.1) is 16.7 Å². The fraction of sp³-hybridized carbons (Fsp3) is 0.379. The Hall–Kier alpha value is -3.40. The summed E-state index contributed by atoms with van der Waals surface area (Å²) in [4.78, 5) is 14.0. The first-order chi connectivity index (χ1) is 16.8. The maximum absolute atomic E-state index is 14.0. The first kappa shape index (κ1) is 26.2. The molecule has 2 atom stereocenters. The summed E-state index contributed by atoms with van der Waals surface area (Å²) in [6.07, 6.45) is 0. The summed E-state index contributed by atoms with van der Waals surface area (Å²) in [5.41, 5.74) is -0.531. The Morgan fingerprint density at radius 3 is 2.29 bits per heavy atom. The van der Waals surface area contributed by atoms with E-state index < -0.39 is 22.8 Å². The van der Waals surface area contributed by atoms with E-state index >= 15 is 0 Å². The molecule has 0 fully saturated rings. The van der Waals surface area contributed by atoms with E-state index in [2.05, 4.69) is 11.4 Å². The molecule has 0 aromatic heterocycles. The zero-order valence-corrected chi connectivity index (χ0v) is 21.1. The number of nitrogens with one attached hydrogen (secondary N) is 1. The van der Waals surface area contributed by atoms with E-state index in [4.69, 9.17) is 14.2 Å². The predicted octanol–water partition coefficient (Wildman–Crippen LogP) is 5.07. The first-order valence-corrected chi connectivity index (χ1v) is 11.7. The van der Waals surface area contributed by atoms with Crippen LogP contribution in [0.2, 0.25) is 0 Å². The number of methoxy groups -OCH3 is 2. The third-order valence-electron chi connectivity index (χ3n) is 5.93. The molecular formula is C29H34N2O4. The normalized spacial score (nSPS) is 14.1. The molecule has 0 heterocycles. The Bertz CT molecular complexity index is 1190. The second-order valence-electron chi connectivity index (χ2n) is 9.58. The lowest BCUT2D eigenvalue weighted by molar-refractivity contribution is -0.133. The number of hydrogen-bond donors (Lipinski definition) is 1. The Morgan fingerprint density at radius 2 is 1.60 bits per heavy atom. The molecular weight excluding hydrogens is 440 g/mol. The van der Waals surface area contributed by atoms with Gasteiger partial charge in [0.15, 0.2) is 5.41 Å². The second-order valence-corrected chi connectivity index (χ2v) is 9.58. The van der Waals surface area contributed by atoms with Crippen molar-refractivity contribution in [2.24, 2.45) is 5.41 Å². The molecule has 6 heteroatoms.